The van der Waals surface area contributed by atoms with E-state index in [0.717, 1.165) is 39.2 Å². The molecule has 0 saturated heterocycles. The van der Waals surface area contributed by atoms with Crippen molar-refractivity contribution in [3.8, 4) is 5.75 Å². The zero-order valence-corrected chi connectivity index (χ0v) is 15.4. The molecule has 0 fully saturated rings. The average molecular weight is 418 g/mol. The summed E-state index contributed by atoms with van der Waals surface area (Å²) in [5.41, 5.74) is 1.89. The van der Waals surface area contributed by atoms with Gasteiger partial charge in [-0.25, -0.2) is 0 Å². The second-order valence-electron chi connectivity index (χ2n) is 4.43. The van der Waals surface area contributed by atoms with Crippen LogP contribution < -0.4 is 10.1 Å². The molecule has 1 atom stereocenters. The molecule has 114 valence electrons. The van der Waals surface area contributed by atoms with Crippen molar-refractivity contribution in [2.75, 3.05) is 13.7 Å². The van der Waals surface area contributed by atoms with Crippen molar-refractivity contribution in [1.82, 2.24) is 20.1 Å². The van der Waals surface area contributed by atoms with E-state index in [-0.39, 0.29) is 6.04 Å². The van der Waals surface area contributed by atoms with Crippen molar-refractivity contribution in [1.29, 1.82) is 0 Å². The molecule has 0 aliphatic rings. The number of rotatable bonds is 6. The van der Waals surface area contributed by atoms with Gasteiger partial charge in [-0.1, -0.05) is 6.92 Å². The Hall–Kier alpha value is -0.920. The molecule has 1 N–H and O–H groups in total. The summed E-state index contributed by atoms with van der Waals surface area (Å²) in [6, 6.07) is 1.90. The molecule has 2 heterocycles. The zero-order valence-electron chi connectivity index (χ0n) is 12.2. The highest BCUT2D eigenvalue weighted by atomic mass is 79.9. The zero-order chi connectivity index (χ0) is 15.4. The molecule has 0 aliphatic carbocycles. The largest absolute Gasteiger partial charge is 0.493 e. The van der Waals surface area contributed by atoms with Crippen LogP contribution >= 0.6 is 31.9 Å². The molecule has 2 aromatic heterocycles. The summed E-state index contributed by atoms with van der Waals surface area (Å²) in [5, 5.41) is 7.84. The van der Waals surface area contributed by atoms with E-state index < -0.39 is 0 Å². The van der Waals surface area contributed by atoms with Gasteiger partial charge in [-0.05, 0) is 51.4 Å². The van der Waals surface area contributed by atoms with E-state index >= 15 is 0 Å². The normalized spacial score (nSPS) is 12.4. The van der Waals surface area contributed by atoms with Gasteiger partial charge < -0.3 is 10.1 Å². The fraction of sp³-hybridized carbons (Fsp3) is 0.429. The van der Waals surface area contributed by atoms with Gasteiger partial charge in [0.15, 0.2) is 5.75 Å². The first-order valence-corrected chi connectivity index (χ1v) is 8.34. The topological polar surface area (TPSA) is 52.0 Å². The van der Waals surface area contributed by atoms with Gasteiger partial charge in [0.1, 0.15) is 5.69 Å². The van der Waals surface area contributed by atoms with Crippen molar-refractivity contribution in [2.24, 2.45) is 0 Å². The predicted octanol–water partition coefficient (Wildman–Crippen LogP) is 3.53. The van der Waals surface area contributed by atoms with E-state index in [1.165, 1.54) is 0 Å². The molecule has 0 aromatic carbocycles. The minimum Gasteiger partial charge on any atom is -0.493 e. The second-order valence-corrected chi connectivity index (χ2v) is 6.20. The SMILES string of the molecule is CCNC(c1ncc(Br)cc1Br)c1c(OC)cnn1CC. The molecule has 21 heavy (non-hydrogen) atoms. The van der Waals surface area contributed by atoms with Gasteiger partial charge in [0, 0.05) is 21.7 Å². The van der Waals surface area contributed by atoms with Crippen molar-refractivity contribution in [3.05, 3.63) is 38.8 Å². The lowest BCUT2D eigenvalue weighted by molar-refractivity contribution is 0.398. The fourth-order valence-electron chi connectivity index (χ4n) is 2.24. The van der Waals surface area contributed by atoms with Crippen LogP contribution in [0, 0.1) is 0 Å². The lowest BCUT2D eigenvalue weighted by Gasteiger charge is -2.21. The van der Waals surface area contributed by atoms with Crippen molar-refractivity contribution < 1.29 is 4.74 Å². The quantitative estimate of drug-likeness (QED) is 0.780. The Morgan fingerprint density at radius 3 is 2.67 bits per heavy atom. The molecule has 2 aromatic rings. The van der Waals surface area contributed by atoms with E-state index in [0.29, 0.717) is 0 Å². The standard InChI is InChI=1S/C14H18Br2N4O/c1-4-17-13(12-10(16)6-9(15)7-18-12)14-11(21-3)8-19-20(14)5-2/h6-8,13,17H,4-5H2,1-3H3. The Bertz CT molecular complexity index is 594. The first-order chi connectivity index (χ1) is 10.1. The Kier molecular flexibility index (Phi) is 5.78. The van der Waals surface area contributed by atoms with Gasteiger partial charge in [-0.15, -0.1) is 0 Å². The van der Waals surface area contributed by atoms with E-state index in [1.54, 1.807) is 19.5 Å². The van der Waals surface area contributed by atoms with Crippen LogP contribution in [0.2, 0.25) is 0 Å². The summed E-state index contributed by atoms with van der Waals surface area (Å²) >= 11 is 7.03. The molecule has 7 heteroatoms. The van der Waals surface area contributed by atoms with Crippen LogP contribution in [-0.4, -0.2) is 28.4 Å². The molecular formula is C14H18Br2N4O. The van der Waals surface area contributed by atoms with Crippen LogP contribution in [0.5, 0.6) is 5.75 Å². The van der Waals surface area contributed by atoms with Crippen LogP contribution in [0.4, 0.5) is 0 Å². The number of nitrogens with one attached hydrogen (secondary N) is 1. The number of aromatic nitrogens is 3. The lowest BCUT2D eigenvalue weighted by Crippen LogP contribution is -2.26. The van der Waals surface area contributed by atoms with Gasteiger partial charge >= 0.3 is 0 Å². The summed E-state index contributed by atoms with van der Waals surface area (Å²) < 4.78 is 9.27. The first kappa shape index (κ1) is 16.5. The number of hydrogen-bond acceptors (Lipinski definition) is 4. The summed E-state index contributed by atoms with van der Waals surface area (Å²) in [7, 11) is 1.66. The van der Waals surface area contributed by atoms with Crippen LogP contribution in [0.25, 0.3) is 0 Å². The number of nitrogens with zero attached hydrogens (tertiary/aromatic N) is 3. The monoisotopic (exact) mass is 416 g/mol. The van der Waals surface area contributed by atoms with E-state index in [9.17, 15) is 0 Å². The number of methoxy groups -OCH3 is 1. The van der Waals surface area contributed by atoms with E-state index in [4.69, 9.17) is 4.74 Å². The van der Waals surface area contributed by atoms with Crippen molar-refractivity contribution in [3.63, 3.8) is 0 Å². The van der Waals surface area contributed by atoms with Gasteiger partial charge in [0.05, 0.1) is 25.0 Å². The number of hydrogen-bond donors (Lipinski definition) is 1. The van der Waals surface area contributed by atoms with Gasteiger partial charge in [0.2, 0.25) is 0 Å². The Balaban J connectivity index is 2.55. The third-order valence-corrected chi connectivity index (χ3v) is 4.22. The molecule has 0 bridgehead atoms. The Morgan fingerprint density at radius 2 is 2.10 bits per heavy atom. The highest BCUT2D eigenvalue weighted by Crippen LogP contribution is 2.33. The Morgan fingerprint density at radius 1 is 1.33 bits per heavy atom. The van der Waals surface area contributed by atoms with Gasteiger partial charge in [-0.2, -0.15) is 5.10 Å². The third-order valence-electron chi connectivity index (χ3n) is 3.16. The highest BCUT2D eigenvalue weighted by Gasteiger charge is 2.25. The number of halogens is 2. The maximum Gasteiger partial charge on any atom is 0.161 e. The van der Waals surface area contributed by atoms with Crippen molar-refractivity contribution >= 4 is 31.9 Å². The van der Waals surface area contributed by atoms with Crippen LogP contribution in [-0.2, 0) is 6.54 Å². The minimum atomic E-state index is -0.0881. The fourth-order valence-corrected chi connectivity index (χ4v) is 3.46. The molecular weight excluding hydrogens is 400 g/mol. The molecule has 0 saturated carbocycles. The molecule has 0 aliphatic heterocycles. The van der Waals surface area contributed by atoms with Gasteiger partial charge in [0.25, 0.3) is 0 Å². The minimum absolute atomic E-state index is 0.0881. The van der Waals surface area contributed by atoms with Gasteiger partial charge in [-0.3, -0.25) is 9.67 Å². The van der Waals surface area contributed by atoms with Crippen LogP contribution in [0.3, 0.4) is 0 Å². The maximum absolute atomic E-state index is 5.46. The molecule has 5 nitrogen and oxygen atoms in total. The summed E-state index contributed by atoms with van der Waals surface area (Å²) in [5.74, 6) is 0.763. The van der Waals surface area contributed by atoms with E-state index in [2.05, 4.69) is 61.1 Å². The highest BCUT2D eigenvalue weighted by molar-refractivity contribution is 9.11. The average Bonchev–Trinajstić information content (AvgIpc) is 2.88. The number of pyridine rings is 1. The van der Waals surface area contributed by atoms with E-state index in [1.807, 2.05) is 10.7 Å². The van der Waals surface area contributed by atoms with Crippen LogP contribution in [0.15, 0.2) is 27.4 Å². The van der Waals surface area contributed by atoms with Crippen LogP contribution in [0.1, 0.15) is 31.3 Å². The number of aryl methyl sites for hydroxylation is 1. The second kappa shape index (κ2) is 7.38. The molecule has 0 spiro atoms. The third kappa shape index (κ3) is 3.46. The smallest absolute Gasteiger partial charge is 0.161 e. The molecule has 0 radical (unpaired) electrons. The van der Waals surface area contributed by atoms with Crippen molar-refractivity contribution in [2.45, 2.75) is 26.4 Å². The predicted molar refractivity (Wildman–Crippen MR) is 89.6 cm³/mol. The summed E-state index contributed by atoms with van der Waals surface area (Å²) in [6.07, 6.45) is 3.54. The number of ether oxygens (including phenoxy) is 1. The Labute approximate surface area is 141 Å². The summed E-state index contributed by atoms with van der Waals surface area (Å²) in [4.78, 5) is 4.55. The summed E-state index contributed by atoms with van der Waals surface area (Å²) in [6.45, 7) is 5.71. The molecule has 2 rings (SSSR count). The molecule has 1 unspecified atom stereocenters. The maximum atomic E-state index is 5.46. The molecule has 0 amide bonds. The first-order valence-electron chi connectivity index (χ1n) is 6.76. The lowest BCUT2D eigenvalue weighted by atomic mass is 10.1.